The van der Waals surface area contributed by atoms with E-state index < -0.39 is 25.2 Å². The Morgan fingerprint density at radius 3 is 2.25 bits per heavy atom. The normalized spacial score (nSPS) is 13.1. The second kappa shape index (κ2) is 14.1. The molecule has 200 valence electrons. The third-order valence-electron chi connectivity index (χ3n) is 5.95. The summed E-state index contributed by atoms with van der Waals surface area (Å²) in [5.74, 6) is 3.79. The molecule has 36 heavy (non-hydrogen) atoms. The molecule has 0 N–H and O–H groups in total. The zero-order valence-electron chi connectivity index (χ0n) is 22.8. The third kappa shape index (κ3) is 8.73. The maximum Gasteiger partial charge on any atom is 0.410 e. The maximum atomic E-state index is 13.2. The fraction of sp³-hybridized carbons (Fsp3) is 0.667. The second-order valence-corrected chi connectivity index (χ2v) is 15.1. The Balaban J connectivity index is 2.36. The van der Waals surface area contributed by atoms with Gasteiger partial charge < -0.3 is 19.1 Å². The number of ether oxygens (including phenoxy) is 3. The summed E-state index contributed by atoms with van der Waals surface area (Å²) in [5.41, 5.74) is 3.70. The Hall–Kier alpha value is -2.73. The lowest BCUT2D eigenvalue weighted by Crippen LogP contribution is -2.34. The molecule has 0 saturated heterocycles. The second-order valence-electron chi connectivity index (χ2n) is 10.3. The van der Waals surface area contributed by atoms with Crippen LogP contribution in [0.1, 0.15) is 89.4 Å². The lowest BCUT2D eigenvalue weighted by Gasteiger charge is -2.25. The number of nitro groups is 1. The van der Waals surface area contributed by atoms with Gasteiger partial charge in [0, 0.05) is 13.1 Å². The number of hydrogen-bond acceptors (Lipinski definition) is 6. The van der Waals surface area contributed by atoms with Crippen LogP contribution in [0.4, 0.5) is 10.5 Å². The SMILES string of the molecule is CCCCCCN(CCCCCC)C(=O)OC(C)c1c([N+](=O)[O-])cc2c(c1C#C[Si](C)(C)C)OCO2. The van der Waals surface area contributed by atoms with E-state index in [0.29, 0.717) is 24.4 Å². The molecule has 0 radical (unpaired) electrons. The van der Waals surface area contributed by atoms with Gasteiger partial charge in [0.1, 0.15) is 14.2 Å². The van der Waals surface area contributed by atoms with E-state index in [1.807, 2.05) is 0 Å². The predicted molar refractivity (Wildman–Crippen MR) is 144 cm³/mol. The molecular formula is C27H42N2O6Si. The van der Waals surface area contributed by atoms with Gasteiger partial charge in [0.25, 0.3) is 5.69 Å². The van der Waals surface area contributed by atoms with E-state index in [4.69, 9.17) is 14.2 Å². The lowest BCUT2D eigenvalue weighted by molar-refractivity contribution is -0.386. The molecule has 9 heteroatoms. The number of hydrogen-bond donors (Lipinski definition) is 0. The molecule has 0 saturated carbocycles. The number of amides is 1. The van der Waals surface area contributed by atoms with Crippen molar-refractivity contribution < 1.29 is 23.9 Å². The van der Waals surface area contributed by atoms with Crippen molar-refractivity contribution in [2.24, 2.45) is 0 Å². The number of fused-ring (bicyclic) bond motifs is 1. The fourth-order valence-electron chi connectivity index (χ4n) is 4.02. The van der Waals surface area contributed by atoms with Crippen LogP contribution in [-0.2, 0) is 4.74 Å². The fourth-order valence-corrected chi connectivity index (χ4v) is 4.52. The van der Waals surface area contributed by atoms with Gasteiger partial charge in [0.05, 0.1) is 22.1 Å². The van der Waals surface area contributed by atoms with Gasteiger partial charge >= 0.3 is 6.09 Å². The highest BCUT2D eigenvalue weighted by Crippen LogP contribution is 2.45. The Bertz CT molecular complexity index is 952. The first-order chi connectivity index (χ1) is 17.1. The molecule has 1 aromatic carbocycles. The number of rotatable bonds is 13. The van der Waals surface area contributed by atoms with E-state index in [-0.39, 0.29) is 23.8 Å². The van der Waals surface area contributed by atoms with E-state index >= 15 is 0 Å². The molecule has 8 nitrogen and oxygen atoms in total. The summed E-state index contributed by atoms with van der Waals surface area (Å²) in [6.45, 7) is 13.4. The number of carbonyl (C=O) groups excluding carboxylic acids is 1. The Morgan fingerprint density at radius 2 is 1.72 bits per heavy atom. The Morgan fingerprint density at radius 1 is 1.11 bits per heavy atom. The highest BCUT2D eigenvalue weighted by Gasteiger charge is 2.34. The monoisotopic (exact) mass is 518 g/mol. The number of benzene rings is 1. The summed E-state index contributed by atoms with van der Waals surface area (Å²) in [6, 6.07) is 1.34. The lowest BCUT2D eigenvalue weighted by atomic mass is 9.99. The van der Waals surface area contributed by atoms with Crippen molar-refractivity contribution in [3.8, 4) is 23.0 Å². The van der Waals surface area contributed by atoms with Crippen LogP contribution in [0.2, 0.25) is 19.6 Å². The van der Waals surface area contributed by atoms with Crippen molar-refractivity contribution in [1.82, 2.24) is 4.90 Å². The van der Waals surface area contributed by atoms with Crippen molar-refractivity contribution in [3.63, 3.8) is 0 Å². The van der Waals surface area contributed by atoms with Crippen molar-refractivity contribution in [1.29, 1.82) is 0 Å². The molecule has 1 heterocycles. The van der Waals surface area contributed by atoms with Gasteiger partial charge in [-0.3, -0.25) is 10.1 Å². The van der Waals surface area contributed by atoms with Gasteiger partial charge in [-0.05, 0) is 19.8 Å². The van der Waals surface area contributed by atoms with Crippen molar-refractivity contribution in [2.45, 2.75) is 97.9 Å². The van der Waals surface area contributed by atoms with Crippen LogP contribution in [0, 0.1) is 21.6 Å². The summed E-state index contributed by atoms with van der Waals surface area (Å²) in [7, 11) is -1.81. The molecular weight excluding hydrogens is 476 g/mol. The zero-order valence-corrected chi connectivity index (χ0v) is 23.8. The van der Waals surface area contributed by atoms with E-state index in [0.717, 1.165) is 51.4 Å². The minimum atomic E-state index is -1.81. The number of carbonyl (C=O) groups is 1. The average Bonchev–Trinajstić information content (AvgIpc) is 3.28. The summed E-state index contributed by atoms with van der Waals surface area (Å²) < 4.78 is 17.0. The zero-order chi connectivity index (χ0) is 26.7. The van der Waals surface area contributed by atoms with Gasteiger partial charge in [0.15, 0.2) is 11.5 Å². The minimum Gasteiger partial charge on any atom is -0.453 e. The molecule has 1 amide bonds. The Kier molecular flexibility index (Phi) is 11.6. The van der Waals surface area contributed by atoms with Crippen LogP contribution < -0.4 is 9.47 Å². The van der Waals surface area contributed by atoms with E-state index in [1.165, 1.54) is 6.07 Å². The number of unbranched alkanes of at least 4 members (excludes halogenated alkanes) is 6. The van der Waals surface area contributed by atoms with Gasteiger partial charge in [-0.2, -0.15) is 0 Å². The van der Waals surface area contributed by atoms with E-state index in [2.05, 4.69) is 45.0 Å². The number of nitro benzene ring substituents is 1. The average molecular weight is 519 g/mol. The van der Waals surface area contributed by atoms with Gasteiger partial charge in [-0.15, -0.1) is 5.54 Å². The van der Waals surface area contributed by atoms with Crippen LogP contribution in [0.3, 0.4) is 0 Å². The first-order valence-corrected chi connectivity index (χ1v) is 16.7. The van der Waals surface area contributed by atoms with Gasteiger partial charge in [-0.1, -0.05) is 77.9 Å². The Labute approximate surface area is 216 Å². The molecule has 0 spiro atoms. The molecule has 0 bridgehead atoms. The van der Waals surface area contributed by atoms with Crippen LogP contribution >= 0.6 is 0 Å². The molecule has 1 atom stereocenters. The standard InChI is InChI=1S/C27H42N2O6Si/c1-7-9-11-13-16-28(17-14-12-10-8-2)27(30)35-21(3)25-22(15-18-36(4,5)6)26-24(33-20-34-26)19-23(25)29(31)32/h19,21H,7-14,16-17,20H2,1-6H3. The summed E-state index contributed by atoms with van der Waals surface area (Å²) in [5, 5.41) is 12.0. The molecule has 1 aromatic rings. The molecule has 0 aromatic heterocycles. The summed E-state index contributed by atoms with van der Waals surface area (Å²) in [4.78, 5) is 26.5. The van der Waals surface area contributed by atoms with E-state index in [1.54, 1.807) is 11.8 Å². The topological polar surface area (TPSA) is 91.1 Å². The van der Waals surface area contributed by atoms with Crippen LogP contribution in [-0.4, -0.2) is 43.9 Å². The molecule has 0 aliphatic carbocycles. The van der Waals surface area contributed by atoms with Gasteiger partial charge in [0.2, 0.25) is 6.79 Å². The van der Waals surface area contributed by atoms with Crippen LogP contribution in [0.25, 0.3) is 0 Å². The summed E-state index contributed by atoms with van der Waals surface area (Å²) in [6.07, 6.45) is 7.06. The highest BCUT2D eigenvalue weighted by molar-refractivity contribution is 6.83. The molecule has 1 unspecified atom stereocenters. The summed E-state index contributed by atoms with van der Waals surface area (Å²) >= 11 is 0. The van der Waals surface area contributed by atoms with Crippen molar-refractivity contribution in [2.75, 3.05) is 19.9 Å². The molecule has 0 fully saturated rings. The van der Waals surface area contributed by atoms with Crippen LogP contribution in [0.15, 0.2) is 6.07 Å². The van der Waals surface area contributed by atoms with E-state index in [9.17, 15) is 14.9 Å². The largest absolute Gasteiger partial charge is 0.453 e. The first kappa shape index (κ1) is 29.5. The molecule has 2 rings (SSSR count). The van der Waals surface area contributed by atoms with Gasteiger partial charge in [-0.25, -0.2) is 4.79 Å². The maximum absolute atomic E-state index is 13.2. The predicted octanol–water partition coefficient (Wildman–Crippen LogP) is 7.21. The van der Waals surface area contributed by atoms with Crippen molar-refractivity contribution in [3.05, 3.63) is 27.3 Å². The first-order valence-electron chi connectivity index (χ1n) is 13.2. The highest BCUT2D eigenvalue weighted by atomic mass is 28.3. The van der Waals surface area contributed by atoms with Crippen molar-refractivity contribution >= 4 is 19.9 Å². The third-order valence-corrected chi connectivity index (χ3v) is 6.82. The smallest absolute Gasteiger partial charge is 0.410 e. The molecule has 1 aliphatic heterocycles. The minimum absolute atomic E-state index is 0.0327. The van der Waals surface area contributed by atoms with Crippen LogP contribution in [0.5, 0.6) is 11.5 Å². The molecule has 1 aliphatic rings. The quantitative estimate of drug-likeness (QED) is 0.0900. The number of nitrogens with zero attached hydrogens (tertiary/aromatic N) is 2.